The predicted octanol–water partition coefficient (Wildman–Crippen LogP) is 4.89. The van der Waals surface area contributed by atoms with Gasteiger partial charge in [-0.2, -0.15) is 4.98 Å². The van der Waals surface area contributed by atoms with Crippen molar-refractivity contribution in [1.82, 2.24) is 14.8 Å². The minimum Gasteiger partial charge on any atom is -0.366 e. The summed E-state index contributed by atoms with van der Waals surface area (Å²) in [5, 5.41) is 7.90. The number of nitrogens with two attached hydrogens (primary N) is 1. The minimum absolute atomic E-state index is 0.103. The maximum atomic E-state index is 5.88. The van der Waals surface area contributed by atoms with Crippen LogP contribution in [0.2, 0.25) is 0 Å². The van der Waals surface area contributed by atoms with Gasteiger partial charge >= 0.3 is 0 Å². The molecule has 5 nitrogen and oxygen atoms in total. The van der Waals surface area contributed by atoms with Crippen molar-refractivity contribution in [3.05, 3.63) is 69.7 Å². The minimum atomic E-state index is 0.103. The maximum absolute atomic E-state index is 5.88. The van der Waals surface area contributed by atoms with E-state index in [4.69, 9.17) is 5.73 Å². The molecule has 2 atom stereocenters. The van der Waals surface area contributed by atoms with Gasteiger partial charge in [-0.1, -0.05) is 66.2 Å². The van der Waals surface area contributed by atoms with E-state index < -0.39 is 0 Å². The summed E-state index contributed by atoms with van der Waals surface area (Å²) in [6.45, 7) is 4.42. The number of halogens is 1. The molecule has 1 aliphatic heterocycles. The molecule has 0 bridgehead atoms. The number of rotatable bonds is 3. The molecule has 0 spiro atoms. The smallest absolute Gasteiger partial charge is 0.241 e. The molecule has 0 aliphatic carbocycles. The molecule has 0 saturated heterocycles. The zero-order chi connectivity index (χ0) is 18.3. The highest BCUT2D eigenvalue weighted by Crippen LogP contribution is 2.38. The molecule has 4 rings (SSSR count). The Balaban J connectivity index is 1.71. The molecule has 0 amide bonds. The van der Waals surface area contributed by atoms with Crippen LogP contribution >= 0.6 is 15.9 Å². The van der Waals surface area contributed by atoms with Gasteiger partial charge in [0.1, 0.15) is 0 Å². The molecule has 0 unspecified atom stereocenters. The number of hydrogen-bond donors (Lipinski definition) is 2. The quantitative estimate of drug-likeness (QED) is 0.643. The van der Waals surface area contributed by atoms with E-state index in [1.165, 1.54) is 16.7 Å². The van der Waals surface area contributed by atoms with Crippen molar-refractivity contribution in [1.29, 1.82) is 0 Å². The van der Waals surface area contributed by atoms with Crippen molar-refractivity contribution >= 4 is 27.8 Å². The van der Waals surface area contributed by atoms with Gasteiger partial charge in [-0.25, -0.2) is 4.68 Å². The number of fused-ring (bicyclic) bond motifs is 1. The highest BCUT2D eigenvalue weighted by molar-refractivity contribution is 9.10. The van der Waals surface area contributed by atoms with Crippen LogP contribution in [-0.2, 0) is 0 Å². The lowest BCUT2D eigenvalue weighted by molar-refractivity contribution is 0.431. The predicted molar refractivity (Wildman–Crippen MR) is 108 cm³/mol. The van der Waals surface area contributed by atoms with Gasteiger partial charge in [-0.15, -0.1) is 5.10 Å². The van der Waals surface area contributed by atoms with Crippen molar-refractivity contribution in [2.45, 2.75) is 38.3 Å². The lowest BCUT2D eigenvalue weighted by Crippen LogP contribution is -2.28. The van der Waals surface area contributed by atoms with E-state index in [-0.39, 0.29) is 12.1 Å². The van der Waals surface area contributed by atoms with Gasteiger partial charge in [0.05, 0.1) is 12.1 Å². The van der Waals surface area contributed by atoms with Crippen molar-refractivity contribution in [2.75, 3.05) is 11.1 Å². The van der Waals surface area contributed by atoms with Gasteiger partial charge in [-0.05, 0) is 41.2 Å². The maximum Gasteiger partial charge on any atom is 0.241 e. The van der Waals surface area contributed by atoms with Crippen LogP contribution in [0.25, 0.3) is 0 Å². The summed E-state index contributed by atoms with van der Waals surface area (Å²) in [5.74, 6) is 1.54. The first kappa shape index (κ1) is 17.1. The number of nitrogens with one attached hydrogen (secondary N) is 1. The number of nitrogen functional groups attached to an aromatic ring is 1. The molecule has 6 heteroatoms. The third-order valence-corrected chi connectivity index (χ3v) is 5.49. The first-order chi connectivity index (χ1) is 12.5. The summed E-state index contributed by atoms with van der Waals surface area (Å²) in [5.41, 5.74) is 9.67. The van der Waals surface area contributed by atoms with Crippen LogP contribution in [0.4, 0.5) is 11.9 Å². The molecule has 3 N–H and O–H groups in total. The Labute approximate surface area is 161 Å². The molecule has 0 saturated carbocycles. The normalized spacial score (nSPS) is 19.2. The molecule has 3 aromatic rings. The highest BCUT2D eigenvalue weighted by atomic mass is 79.9. The summed E-state index contributed by atoms with van der Waals surface area (Å²) in [6, 6.07) is 17.5. The van der Waals surface area contributed by atoms with E-state index in [0.29, 0.717) is 11.9 Å². The SMILES string of the molecule is CC(C)c1ccc([C@@H]2C[C@@H](c3ccc(Br)cc3)Nc3nc(N)nn32)cc1. The zero-order valence-electron chi connectivity index (χ0n) is 14.9. The zero-order valence-corrected chi connectivity index (χ0v) is 16.4. The first-order valence-corrected chi connectivity index (χ1v) is 9.64. The molecule has 1 aromatic heterocycles. The summed E-state index contributed by atoms with van der Waals surface area (Å²) in [4.78, 5) is 4.38. The molecule has 0 radical (unpaired) electrons. The standard InChI is InChI=1S/C20H22BrN5/c1-12(2)13-3-5-15(6-4-13)18-11-17(14-7-9-16(21)10-8-14)23-20-24-19(22)25-26(18)20/h3-10,12,17-18H,11H2,1-2H3,(H3,22,23,24,25)/t17-,18-/m0/s1. The number of benzene rings is 2. The van der Waals surface area contributed by atoms with E-state index in [9.17, 15) is 0 Å². The van der Waals surface area contributed by atoms with Crippen molar-refractivity contribution in [3.63, 3.8) is 0 Å². The molecule has 134 valence electrons. The topological polar surface area (TPSA) is 68.8 Å². The molecule has 2 heterocycles. The van der Waals surface area contributed by atoms with E-state index in [0.717, 1.165) is 16.8 Å². The molecule has 0 fully saturated rings. The van der Waals surface area contributed by atoms with Gasteiger partial charge in [0.15, 0.2) is 0 Å². The van der Waals surface area contributed by atoms with Crippen molar-refractivity contribution in [2.24, 2.45) is 0 Å². The first-order valence-electron chi connectivity index (χ1n) is 8.85. The summed E-state index contributed by atoms with van der Waals surface area (Å²) >= 11 is 3.50. The van der Waals surface area contributed by atoms with Gasteiger partial charge in [0, 0.05) is 4.47 Å². The van der Waals surface area contributed by atoms with Crippen LogP contribution in [0, 0.1) is 0 Å². The summed E-state index contributed by atoms with van der Waals surface area (Å²) in [7, 11) is 0. The highest BCUT2D eigenvalue weighted by Gasteiger charge is 2.30. The Bertz CT molecular complexity index is 899. The second-order valence-corrected chi connectivity index (χ2v) is 7.98. The second-order valence-electron chi connectivity index (χ2n) is 7.06. The van der Waals surface area contributed by atoms with E-state index >= 15 is 0 Å². The fraction of sp³-hybridized carbons (Fsp3) is 0.300. The van der Waals surface area contributed by atoms with Crippen LogP contribution < -0.4 is 11.1 Å². The monoisotopic (exact) mass is 411 g/mol. The van der Waals surface area contributed by atoms with Crippen molar-refractivity contribution in [3.8, 4) is 0 Å². The van der Waals surface area contributed by atoms with Gasteiger partial charge in [0.25, 0.3) is 0 Å². The van der Waals surface area contributed by atoms with Crippen LogP contribution in [-0.4, -0.2) is 14.8 Å². The number of nitrogens with zero attached hydrogens (tertiary/aromatic N) is 3. The number of hydrogen-bond acceptors (Lipinski definition) is 4. The second kappa shape index (κ2) is 6.76. The molecule has 26 heavy (non-hydrogen) atoms. The molecule has 1 aliphatic rings. The number of anilines is 2. The fourth-order valence-corrected chi connectivity index (χ4v) is 3.75. The molecule has 2 aromatic carbocycles. The third kappa shape index (κ3) is 3.21. The molecular formula is C20H22BrN5. The lowest BCUT2D eigenvalue weighted by Gasteiger charge is -2.31. The van der Waals surface area contributed by atoms with E-state index in [1.54, 1.807) is 0 Å². The third-order valence-electron chi connectivity index (χ3n) is 4.97. The summed E-state index contributed by atoms with van der Waals surface area (Å²) < 4.78 is 2.99. The van der Waals surface area contributed by atoms with Gasteiger partial charge in [0.2, 0.25) is 11.9 Å². The Hall–Kier alpha value is -2.34. The Morgan fingerprint density at radius 3 is 2.38 bits per heavy atom. The average Bonchev–Trinajstić information content (AvgIpc) is 3.01. The largest absolute Gasteiger partial charge is 0.366 e. The Kier molecular flexibility index (Phi) is 4.44. The lowest BCUT2D eigenvalue weighted by atomic mass is 9.92. The Morgan fingerprint density at radius 1 is 1.08 bits per heavy atom. The van der Waals surface area contributed by atoms with E-state index in [1.807, 2.05) is 4.68 Å². The Morgan fingerprint density at radius 2 is 1.73 bits per heavy atom. The van der Waals surface area contributed by atoms with Crippen LogP contribution in [0.3, 0.4) is 0 Å². The van der Waals surface area contributed by atoms with Gasteiger partial charge < -0.3 is 11.1 Å². The molecular weight excluding hydrogens is 390 g/mol. The van der Waals surface area contributed by atoms with Crippen LogP contribution in [0.15, 0.2) is 53.0 Å². The van der Waals surface area contributed by atoms with Crippen LogP contribution in [0.1, 0.15) is 55.0 Å². The summed E-state index contributed by atoms with van der Waals surface area (Å²) in [6.07, 6.45) is 0.887. The van der Waals surface area contributed by atoms with Crippen molar-refractivity contribution < 1.29 is 0 Å². The average molecular weight is 412 g/mol. The fourth-order valence-electron chi connectivity index (χ4n) is 3.49. The van der Waals surface area contributed by atoms with Crippen LogP contribution in [0.5, 0.6) is 0 Å². The van der Waals surface area contributed by atoms with E-state index in [2.05, 4.69) is 93.7 Å². The van der Waals surface area contributed by atoms with Gasteiger partial charge in [-0.3, -0.25) is 0 Å². The number of aromatic nitrogens is 3.